The molecule has 1 fully saturated rings. The molecular weight excluding hydrogens is 323 g/mol. The smallest absolute Gasteiger partial charge is 0.129 e. The van der Waals surface area contributed by atoms with Gasteiger partial charge in [-0.05, 0) is 60.3 Å². The predicted octanol–water partition coefficient (Wildman–Crippen LogP) is 6.66. The van der Waals surface area contributed by atoms with Gasteiger partial charge in [-0.1, -0.05) is 48.6 Å². The van der Waals surface area contributed by atoms with Crippen molar-refractivity contribution in [3.8, 4) is 11.1 Å². The summed E-state index contributed by atoms with van der Waals surface area (Å²) in [4.78, 5) is 0. The zero-order valence-electron chi connectivity index (χ0n) is 15.3. The number of halogens is 1. The topological polar surface area (TPSA) is 9.23 Å². The highest BCUT2D eigenvalue weighted by atomic mass is 19.1. The van der Waals surface area contributed by atoms with Gasteiger partial charge in [0.25, 0.3) is 0 Å². The molecule has 136 valence electrons. The largest absolute Gasteiger partial charge is 0.373 e. The highest BCUT2D eigenvalue weighted by molar-refractivity contribution is 5.64. The Balaban J connectivity index is 1.67. The van der Waals surface area contributed by atoms with E-state index in [9.17, 15) is 4.39 Å². The molecular formula is C24H27FO. The van der Waals surface area contributed by atoms with Crippen LogP contribution in [0.5, 0.6) is 0 Å². The Kier molecular flexibility index (Phi) is 6.40. The Hall–Kier alpha value is -2.19. The normalized spacial score (nSPS) is 19.9. The highest BCUT2D eigenvalue weighted by Gasteiger charge is 2.20. The molecule has 26 heavy (non-hydrogen) atoms. The second-order valence-corrected chi connectivity index (χ2v) is 7.08. The van der Waals surface area contributed by atoms with Crippen molar-refractivity contribution in [2.45, 2.75) is 38.2 Å². The number of hydrogen-bond donors (Lipinski definition) is 0. The maximum absolute atomic E-state index is 14.3. The van der Waals surface area contributed by atoms with Gasteiger partial charge in [-0.2, -0.15) is 0 Å². The highest BCUT2D eigenvalue weighted by Crippen LogP contribution is 2.36. The lowest BCUT2D eigenvalue weighted by Gasteiger charge is -2.27. The van der Waals surface area contributed by atoms with Crippen LogP contribution in [-0.2, 0) is 11.3 Å². The van der Waals surface area contributed by atoms with Gasteiger partial charge in [0.15, 0.2) is 0 Å². The molecule has 0 unspecified atom stereocenters. The Labute approximate surface area is 156 Å². The van der Waals surface area contributed by atoms with Crippen molar-refractivity contribution < 1.29 is 9.13 Å². The van der Waals surface area contributed by atoms with E-state index in [1.807, 2.05) is 6.07 Å². The van der Waals surface area contributed by atoms with E-state index < -0.39 is 0 Å². The zero-order chi connectivity index (χ0) is 18.4. The first-order valence-electron chi connectivity index (χ1n) is 9.41. The molecule has 2 heteroatoms. The maximum atomic E-state index is 14.3. The first-order valence-corrected chi connectivity index (χ1v) is 9.41. The third-order valence-corrected chi connectivity index (χ3v) is 5.37. The minimum atomic E-state index is -0.224. The second kappa shape index (κ2) is 8.95. The van der Waals surface area contributed by atoms with E-state index in [2.05, 4.69) is 43.5 Å². The van der Waals surface area contributed by atoms with Gasteiger partial charge in [0.2, 0.25) is 0 Å². The molecule has 1 aliphatic carbocycles. The molecule has 0 heterocycles. The predicted molar refractivity (Wildman–Crippen MR) is 107 cm³/mol. The Morgan fingerprint density at radius 2 is 1.65 bits per heavy atom. The summed E-state index contributed by atoms with van der Waals surface area (Å²) in [5.74, 6) is 1.10. The quantitative estimate of drug-likeness (QED) is 0.401. The Morgan fingerprint density at radius 1 is 0.962 bits per heavy atom. The zero-order valence-corrected chi connectivity index (χ0v) is 15.3. The molecule has 0 spiro atoms. The summed E-state index contributed by atoms with van der Waals surface area (Å²) in [6.45, 7) is 8.21. The van der Waals surface area contributed by atoms with E-state index in [1.165, 1.54) is 31.2 Å². The first kappa shape index (κ1) is 18.6. The van der Waals surface area contributed by atoms with E-state index in [0.717, 1.165) is 11.1 Å². The summed E-state index contributed by atoms with van der Waals surface area (Å²) in [6, 6.07) is 14.0. The summed E-state index contributed by atoms with van der Waals surface area (Å²) in [5, 5.41) is 0. The Morgan fingerprint density at radius 3 is 2.27 bits per heavy atom. The number of rotatable bonds is 7. The average molecular weight is 350 g/mol. The van der Waals surface area contributed by atoms with Crippen molar-refractivity contribution in [1.29, 1.82) is 0 Å². The van der Waals surface area contributed by atoms with Crippen LogP contribution in [-0.4, -0.2) is 6.61 Å². The van der Waals surface area contributed by atoms with Gasteiger partial charge in [0, 0.05) is 5.56 Å². The summed E-state index contributed by atoms with van der Waals surface area (Å²) in [7, 11) is 0. The van der Waals surface area contributed by atoms with Gasteiger partial charge in [0.1, 0.15) is 5.82 Å². The third-order valence-electron chi connectivity index (χ3n) is 5.37. The van der Waals surface area contributed by atoms with E-state index >= 15 is 0 Å². The minimum Gasteiger partial charge on any atom is -0.373 e. The lowest BCUT2D eigenvalue weighted by atomic mass is 9.78. The van der Waals surface area contributed by atoms with Crippen molar-refractivity contribution in [1.82, 2.24) is 0 Å². The first-order chi connectivity index (χ1) is 12.7. The molecule has 0 atom stereocenters. The molecule has 1 saturated carbocycles. The second-order valence-electron chi connectivity index (χ2n) is 7.08. The molecule has 0 aromatic heterocycles. The summed E-state index contributed by atoms with van der Waals surface area (Å²) in [6.07, 6.45) is 8.68. The van der Waals surface area contributed by atoms with Gasteiger partial charge in [-0.3, -0.25) is 0 Å². The summed E-state index contributed by atoms with van der Waals surface area (Å²) < 4.78 is 19.6. The molecule has 3 rings (SSSR count). The molecule has 0 aliphatic heterocycles. The molecule has 0 bridgehead atoms. The lowest BCUT2D eigenvalue weighted by molar-refractivity contribution is 0.146. The van der Waals surface area contributed by atoms with Crippen LogP contribution in [0.15, 0.2) is 67.8 Å². The van der Waals surface area contributed by atoms with Gasteiger partial charge >= 0.3 is 0 Å². The van der Waals surface area contributed by atoms with Gasteiger partial charge in [0.05, 0.1) is 13.2 Å². The van der Waals surface area contributed by atoms with E-state index in [-0.39, 0.29) is 12.4 Å². The number of ether oxygens (including phenoxy) is 1. The number of benzene rings is 2. The van der Waals surface area contributed by atoms with Crippen molar-refractivity contribution in [3.63, 3.8) is 0 Å². The van der Waals surface area contributed by atoms with Gasteiger partial charge < -0.3 is 4.74 Å². The minimum absolute atomic E-state index is 0.224. The van der Waals surface area contributed by atoms with Crippen LogP contribution in [0.3, 0.4) is 0 Å². The molecule has 0 radical (unpaired) electrons. The van der Waals surface area contributed by atoms with E-state index in [0.29, 0.717) is 24.0 Å². The Bertz CT molecular complexity index is 739. The van der Waals surface area contributed by atoms with Crippen LogP contribution in [0.2, 0.25) is 0 Å². The molecule has 2 aromatic carbocycles. The van der Waals surface area contributed by atoms with Gasteiger partial charge in [-0.15, -0.1) is 13.2 Å². The molecule has 2 aromatic rings. The standard InChI is InChI=1S/C24H27FO/c1-3-15-26-17-23-14-13-22(16-24(23)25)21-11-9-20(10-12-21)19-7-5-18(4-2)6-8-19/h3-4,9-14,16,18-19H,1-2,5-8,15,17H2. The van der Waals surface area contributed by atoms with E-state index in [4.69, 9.17) is 4.74 Å². The van der Waals surface area contributed by atoms with Crippen LogP contribution in [0.1, 0.15) is 42.7 Å². The molecule has 0 N–H and O–H groups in total. The summed E-state index contributed by atoms with van der Waals surface area (Å²) >= 11 is 0. The van der Waals surface area contributed by atoms with Gasteiger partial charge in [-0.25, -0.2) is 4.39 Å². The van der Waals surface area contributed by atoms with Crippen molar-refractivity contribution in [3.05, 3.63) is 84.7 Å². The summed E-state index contributed by atoms with van der Waals surface area (Å²) in [5.41, 5.74) is 3.92. The van der Waals surface area contributed by atoms with Crippen LogP contribution < -0.4 is 0 Å². The average Bonchev–Trinajstić information content (AvgIpc) is 2.69. The number of allylic oxidation sites excluding steroid dienone is 1. The fourth-order valence-corrected chi connectivity index (χ4v) is 3.73. The van der Waals surface area contributed by atoms with Crippen LogP contribution >= 0.6 is 0 Å². The van der Waals surface area contributed by atoms with Crippen molar-refractivity contribution in [2.24, 2.45) is 5.92 Å². The van der Waals surface area contributed by atoms with E-state index in [1.54, 1.807) is 18.2 Å². The maximum Gasteiger partial charge on any atom is 0.129 e. The van der Waals surface area contributed by atoms with Crippen LogP contribution in [0.4, 0.5) is 4.39 Å². The molecule has 0 amide bonds. The fraction of sp³-hybridized carbons (Fsp3) is 0.333. The molecule has 1 nitrogen and oxygen atoms in total. The third kappa shape index (κ3) is 4.50. The van der Waals surface area contributed by atoms with Crippen molar-refractivity contribution >= 4 is 0 Å². The fourth-order valence-electron chi connectivity index (χ4n) is 3.73. The SMILES string of the molecule is C=CCOCc1ccc(-c2ccc(C3CCC(C=C)CC3)cc2)cc1F. The molecule has 1 aliphatic rings. The van der Waals surface area contributed by atoms with Crippen LogP contribution in [0, 0.1) is 11.7 Å². The van der Waals surface area contributed by atoms with Crippen LogP contribution in [0.25, 0.3) is 11.1 Å². The van der Waals surface area contributed by atoms with Crippen molar-refractivity contribution in [2.75, 3.05) is 6.61 Å². The molecule has 0 saturated heterocycles. The lowest BCUT2D eigenvalue weighted by Crippen LogP contribution is -2.11. The number of hydrogen-bond acceptors (Lipinski definition) is 1. The monoisotopic (exact) mass is 350 g/mol.